The predicted octanol–water partition coefficient (Wildman–Crippen LogP) is 13.7. The molecule has 0 aliphatic heterocycles. The lowest BCUT2D eigenvalue weighted by molar-refractivity contribution is -0.179. The van der Waals surface area contributed by atoms with E-state index in [-0.39, 0.29) is 0 Å². The zero-order valence-corrected chi connectivity index (χ0v) is 33.1. The summed E-state index contributed by atoms with van der Waals surface area (Å²) in [6.45, 7) is 0. The van der Waals surface area contributed by atoms with Crippen LogP contribution in [0.1, 0.15) is 80.9 Å². The summed E-state index contributed by atoms with van der Waals surface area (Å²) in [5.41, 5.74) is 14.7. The molecular formula is C56H54O. The molecule has 8 bridgehead atoms. The second-order valence-corrected chi connectivity index (χ2v) is 19.5. The van der Waals surface area contributed by atoms with E-state index in [0.29, 0.717) is 17.3 Å². The highest BCUT2D eigenvalue weighted by molar-refractivity contribution is 5.85. The third kappa shape index (κ3) is 5.23. The fourth-order valence-electron chi connectivity index (χ4n) is 14.9. The highest BCUT2D eigenvalue weighted by Crippen LogP contribution is 2.69. The first-order chi connectivity index (χ1) is 28.1. The smallest absolute Gasteiger partial charge is 0.0958 e. The number of hydrogen-bond acceptors (Lipinski definition) is 1. The first-order valence-corrected chi connectivity index (χ1v) is 22.3. The molecule has 0 atom stereocenters. The van der Waals surface area contributed by atoms with Gasteiger partial charge in [0.25, 0.3) is 0 Å². The zero-order valence-electron chi connectivity index (χ0n) is 33.1. The number of benzene rings is 6. The minimum atomic E-state index is -0.673. The van der Waals surface area contributed by atoms with Crippen LogP contribution in [-0.4, -0.2) is 5.11 Å². The van der Waals surface area contributed by atoms with Gasteiger partial charge in [-0.15, -0.1) is 0 Å². The molecule has 9 aliphatic rings. The molecule has 9 aliphatic carbocycles. The van der Waals surface area contributed by atoms with Crippen LogP contribution < -0.4 is 0 Å². The summed E-state index contributed by atoms with van der Waals surface area (Å²) < 4.78 is 0. The maximum atomic E-state index is 12.3. The Hall–Kier alpha value is -4.72. The van der Waals surface area contributed by atoms with Gasteiger partial charge in [0.15, 0.2) is 0 Å². The molecular weight excluding hydrogens is 689 g/mol. The van der Waals surface area contributed by atoms with Crippen molar-refractivity contribution in [3.8, 4) is 44.5 Å². The lowest BCUT2D eigenvalue weighted by Gasteiger charge is -2.61. The quantitative estimate of drug-likeness (QED) is 0.191. The van der Waals surface area contributed by atoms with E-state index >= 15 is 0 Å². The second kappa shape index (κ2) is 13.2. The second-order valence-electron chi connectivity index (χ2n) is 19.5. The molecule has 0 saturated heterocycles. The molecule has 0 amide bonds. The van der Waals surface area contributed by atoms with Crippen molar-refractivity contribution < 1.29 is 5.11 Å². The van der Waals surface area contributed by atoms with E-state index in [1.54, 1.807) is 11.1 Å². The largest absolute Gasteiger partial charge is 0.385 e. The van der Waals surface area contributed by atoms with Crippen molar-refractivity contribution >= 4 is 0 Å². The summed E-state index contributed by atoms with van der Waals surface area (Å²) in [4.78, 5) is 0. The van der Waals surface area contributed by atoms with Gasteiger partial charge in [0.1, 0.15) is 0 Å². The molecule has 15 rings (SSSR count). The molecule has 6 aromatic carbocycles. The first kappa shape index (κ1) is 34.3. The summed E-state index contributed by atoms with van der Waals surface area (Å²) in [5.74, 6) is 6.26. The van der Waals surface area contributed by atoms with E-state index in [4.69, 9.17) is 0 Å². The van der Waals surface area contributed by atoms with Gasteiger partial charge in [-0.25, -0.2) is 0 Å². The molecule has 0 radical (unpaired) electrons. The molecule has 1 N–H and O–H groups in total. The summed E-state index contributed by atoms with van der Waals surface area (Å²) in [6, 6.07) is 55.7. The molecule has 0 unspecified atom stereocenters. The van der Waals surface area contributed by atoms with Crippen molar-refractivity contribution in [3.63, 3.8) is 0 Å². The number of fused-ring (bicyclic) bond motifs is 3. The fourth-order valence-corrected chi connectivity index (χ4v) is 14.9. The van der Waals surface area contributed by atoms with Crippen molar-refractivity contribution in [1.29, 1.82) is 0 Å². The van der Waals surface area contributed by atoms with Crippen molar-refractivity contribution in [2.24, 2.45) is 47.3 Å². The highest BCUT2D eigenvalue weighted by atomic mass is 16.3. The first-order valence-electron chi connectivity index (χ1n) is 22.3. The van der Waals surface area contributed by atoms with E-state index in [9.17, 15) is 5.11 Å². The Morgan fingerprint density at radius 3 is 1.25 bits per heavy atom. The highest BCUT2D eigenvalue weighted by Gasteiger charge is 2.61. The van der Waals surface area contributed by atoms with Crippen LogP contribution in [0.5, 0.6) is 0 Å². The van der Waals surface area contributed by atoms with Gasteiger partial charge in [-0.05, 0) is 185 Å². The number of rotatable bonds is 4. The third-order valence-electron chi connectivity index (χ3n) is 16.7. The van der Waals surface area contributed by atoms with Crippen molar-refractivity contribution in [3.05, 3.63) is 168 Å². The van der Waals surface area contributed by atoms with Crippen molar-refractivity contribution in [2.45, 2.75) is 75.2 Å². The van der Waals surface area contributed by atoms with Gasteiger partial charge in [0.05, 0.1) is 5.60 Å². The molecule has 8 saturated carbocycles. The Morgan fingerprint density at radius 1 is 0.316 bits per heavy atom. The Kier molecular flexibility index (Phi) is 7.92. The molecule has 8 fully saturated rings. The van der Waals surface area contributed by atoms with Gasteiger partial charge < -0.3 is 5.11 Å². The van der Waals surface area contributed by atoms with Gasteiger partial charge in [0, 0.05) is 5.41 Å². The van der Waals surface area contributed by atoms with E-state index < -0.39 is 5.60 Å². The maximum Gasteiger partial charge on any atom is 0.0958 e. The summed E-state index contributed by atoms with van der Waals surface area (Å²) in [7, 11) is 0. The van der Waals surface area contributed by atoms with Crippen LogP contribution in [0.25, 0.3) is 44.5 Å². The van der Waals surface area contributed by atoms with Crippen LogP contribution in [0.2, 0.25) is 0 Å². The Balaban J connectivity index is 0.000000125. The topological polar surface area (TPSA) is 20.2 Å². The zero-order chi connectivity index (χ0) is 37.7. The lowest BCUT2D eigenvalue weighted by atomic mass is 9.43. The third-order valence-corrected chi connectivity index (χ3v) is 16.7. The van der Waals surface area contributed by atoms with Crippen molar-refractivity contribution in [2.75, 3.05) is 0 Å². The molecule has 6 aromatic rings. The summed E-state index contributed by atoms with van der Waals surface area (Å²) in [6.07, 6.45) is 13.6. The normalized spacial score (nSPS) is 33.1. The summed E-state index contributed by atoms with van der Waals surface area (Å²) in [5, 5.41) is 12.3. The molecule has 0 heterocycles. The Labute approximate surface area is 339 Å². The minimum absolute atomic E-state index is 0.300. The van der Waals surface area contributed by atoms with Crippen LogP contribution in [-0.2, 0) is 11.0 Å². The van der Waals surface area contributed by atoms with Crippen LogP contribution >= 0.6 is 0 Å². The molecule has 57 heavy (non-hydrogen) atoms. The van der Waals surface area contributed by atoms with Crippen molar-refractivity contribution in [1.82, 2.24) is 0 Å². The maximum absolute atomic E-state index is 12.3. The van der Waals surface area contributed by atoms with Gasteiger partial charge in [-0.1, -0.05) is 140 Å². The minimum Gasteiger partial charge on any atom is -0.385 e. The number of hydrogen-bond donors (Lipinski definition) is 1. The molecule has 1 spiro atoms. The van der Waals surface area contributed by atoms with Crippen LogP contribution in [0.15, 0.2) is 152 Å². The van der Waals surface area contributed by atoms with E-state index in [1.165, 1.54) is 109 Å². The van der Waals surface area contributed by atoms with Gasteiger partial charge in [0.2, 0.25) is 0 Å². The van der Waals surface area contributed by atoms with Crippen LogP contribution in [0.3, 0.4) is 0 Å². The number of aliphatic hydroxyl groups is 1. The van der Waals surface area contributed by atoms with Gasteiger partial charge >= 0.3 is 0 Å². The molecule has 1 heteroatoms. The van der Waals surface area contributed by atoms with E-state index in [0.717, 1.165) is 41.1 Å². The monoisotopic (exact) mass is 742 g/mol. The predicted molar refractivity (Wildman–Crippen MR) is 233 cm³/mol. The lowest BCUT2D eigenvalue weighted by Crippen LogP contribution is -2.55. The van der Waals surface area contributed by atoms with Crippen LogP contribution in [0.4, 0.5) is 0 Å². The molecule has 1 nitrogen and oxygen atoms in total. The van der Waals surface area contributed by atoms with E-state index in [1.807, 2.05) is 0 Å². The Morgan fingerprint density at radius 2 is 0.719 bits per heavy atom. The summed E-state index contributed by atoms with van der Waals surface area (Å²) >= 11 is 0. The molecule has 0 aromatic heterocycles. The average Bonchev–Trinajstić information content (AvgIpc) is 3.55. The molecule has 284 valence electrons. The Bertz CT molecular complexity index is 2390. The van der Waals surface area contributed by atoms with E-state index in [2.05, 4.69) is 152 Å². The van der Waals surface area contributed by atoms with Crippen LogP contribution in [0, 0.1) is 47.3 Å². The SMILES string of the molecule is OC1(c2ccc(-c3ccccc3)cc2-c2ccccc2)C2CC3CC(C2)CC1C3.c1ccc(-c2ccc3c(c2)-c2ccccc2C32C3CC4CC(C3)CC2C4)cc1. The van der Waals surface area contributed by atoms with Gasteiger partial charge in [-0.3, -0.25) is 0 Å². The average molecular weight is 743 g/mol. The standard InChI is InChI=1S/C28H28O.C28H26/c29-28(24-14-19-13-20(16-24)17-25(28)15-19)27-12-11-23(21-7-3-1-4-8-21)18-26(27)22-9-5-2-6-10-22;1-2-6-20(7-3-1)21-10-11-27-25(17-21)24-8-4-5-9-26(24)28(27)22-13-18-12-19(15-22)16-23(28)14-18/h1-12,18-20,24-25,29H,13-17H2;1-11,17-19,22-23H,12-16H2. The fraction of sp³-hybridized carbons (Fsp3) is 0.357. The van der Waals surface area contributed by atoms with Gasteiger partial charge in [-0.2, -0.15) is 0 Å².